The Morgan fingerprint density at radius 2 is 1.96 bits per heavy atom. The molecule has 0 spiro atoms. The van der Waals surface area contributed by atoms with Gasteiger partial charge >= 0.3 is 6.03 Å². The van der Waals surface area contributed by atoms with Crippen LogP contribution in [0.25, 0.3) is 0 Å². The van der Waals surface area contributed by atoms with Gasteiger partial charge in [0.1, 0.15) is 23.7 Å². The topological polar surface area (TPSA) is 78.5 Å². The second-order valence-electron chi connectivity index (χ2n) is 6.48. The highest BCUT2D eigenvalue weighted by Crippen LogP contribution is 2.31. The van der Waals surface area contributed by atoms with Crippen molar-refractivity contribution in [2.45, 2.75) is 45.1 Å². The third-order valence-electron chi connectivity index (χ3n) is 4.40. The molecule has 0 saturated carbocycles. The van der Waals surface area contributed by atoms with Crippen molar-refractivity contribution in [1.82, 2.24) is 15.5 Å². The molecule has 0 aromatic heterocycles. The third kappa shape index (κ3) is 4.17. The summed E-state index contributed by atoms with van der Waals surface area (Å²) in [6.07, 6.45) is 3.94. The van der Waals surface area contributed by atoms with Crippen LogP contribution in [0.3, 0.4) is 0 Å². The molecule has 2 rings (SSSR count). The average molecular weight is 367 g/mol. The van der Waals surface area contributed by atoms with Gasteiger partial charge in [-0.25, -0.2) is 13.6 Å². The number of unbranched alkanes of at least 4 members (excludes halogenated alkanes) is 3. The fraction of sp³-hybridized carbons (Fsp3) is 0.500. The van der Waals surface area contributed by atoms with Crippen molar-refractivity contribution in [2.24, 2.45) is 0 Å². The Hall–Kier alpha value is -2.51. The Morgan fingerprint density at radius 3 is 2.65 bits per heavy atom. The maximum absolute atomic E-state index is 14.1. The van der Waals surface area contributed by atoms with Crippen molar-refractivity contribution in [1.29, 1.82) is 0 Å². The Balaban J connectivity index is 2.04. The molecule has 0 radical (unpaired) electrons. The molecule has 1 aromatic carbocycles. The minimum Gasteiger partial charge on any atom is -0.355 e. The second kappa shape index (κ2) is 8.25. The summed E-state index contributed by atoms with van der Waals surface area (Å²) in [5, 5.41) is 5.00. The van der Waals surface area contributed by atoms with Crippen LogP contribution in [0.15, 0.2) is 18.2 Å². The van der Waals surface area contributed by atoms with Gasteiger partial charge in [-0.15, -0.1) is 0 Å². The summed E-state index contributed by atoms with van der Waals surface area (Å²) in [7, 11) is 0. The molecule has 1 aliphatic rings. The molecule has 1 aromatic rings. The largest absolute Gasteiger partial charge is 0.355 e. The molecule has 4 amide bonds. The molecule has 1 fully saturated rings. The van der Waals surface area contributed by atoms with Crippen molar-refractivity contribution < 1.29 is 23.2 Å². The number of nitrogens with zero attached hydrogens (tertiary/aromatic N) is 1. The van der Waals surface area contributed by atoms with Gasteiger partial charge in [-0.2, -0.15) is 0 Å². The number of imide groups is 1. The van der Waals surface area contributed by atoms with Gasteiger partial charge in [0.25, 0.3) is 5.91 Å². The third-order valence-corrected chi connectivity index (χ3v) is 4.40. The number of nitrogens with one attached hydrogen (secondary N) is 2. The number of urea groups is 1. The van der Waals surface area contributed by atoms with E-state index in [1.165, 1.54) is 6.92 Å². The predicted octanol–water partition coefficient (Wildman–Crippen LogP) is 2.43. The lowest BCUT2D eigenvalue weighted by atomic mass is 9.91. The van der Waals surface area contributed by atoms with Gasteiger partial charge in [0.2, 0.25) is 5.91 Å². The maximum Gasteiger partial charge on any atom is 0.325 e. The van der Waals surface area contributed by atoms with Crippen LogP contribution in [-0.2, 0) is 15.1 Å². The van der Waals surface area contributed by atoms with E-state index in [1.807, 2.05) is 0 Å². The second-order valence-corrected chi connectivity index (χ2v) is 6.48. The highest BCUT2D eigenvalue weighted by Gasteiger charge is 2.50. The highest BCUT2D eigenvalue weighted by molar-refractivity contribution is 6.09. The molecule has 1 heterocycles. The van der Waals surface area contributed by atoms with Gasteiger partial charge in [0.15, 0.2) is 0 Å². The number of hydrogen-bond donors (Lipinski definition) is 2. The van der Waals surface area contributed by atoms with Crippen LogP contribution in [0.5, 0.6) is 0 Å². The van der Waals surface area contributed by atoms with Crippen molar-refractivity contribution in [3.05, 3.63) is 35.4 Å². The summed E-state index contributed by atoms with van der Waals surface area (Å²) in [6, 6.07) is 1.86. The number of rotatable bonds is 8. The average Bonchev–Trinajstić information content (AvgIpc) is 2.81. The lowest BCUT2D eigenvalue weighted by molar-refractivity contribution is -0.134. The van der Waals surface area contributed by atoms with Gasteiger partial charge in [-0.05, 0) is 31.5 Å². The van der Waals surface area contributed by atoms with Crippen LogP contribution in [0.2, 0.25) is 0 Å². The van der Waals surface area contributed by atoms with Crippen LogP contribution in [0.1, 0.15) is 45.1 Å². The lowest BCUT2D eigenvalue weighted by Gasteiger charge is -2.22. The Kier molecular flexibility index (Phi) is 6.28. The summed E-state index contributed by atoms with van der Waals surface area (Å²) in [5.74, 6) is -2.82. The molecular weight excluding hydrogens is 344 g/mol. The van der Waals surface area contributed by atoms with E-state index >= 15 is 0 Å². The quantitative estimate of drug-likeness (QED) is 0.547. The molecule has 2 N–H and O–H groups in total. The van der Waals surface area contributed by atoms with Gasteiger partial charge in [-0.3, -0.25) is 14.5 Å². The lowest BCUT2D eigenvalue weighted by Crippen LogP contribution is -2.43. The zero-order chi connectivity index (χ0) is 19.3. The molecule has 142 valence electrons. The van der Waals surface area contributed by atoms with E-state index in [0.717, 1.165) is 43.9 Å². The number of halogens is 2. The van der Waals surface area contributed by atoms with Crippen molar-refractivity contribution in [2.75, 3.05) is 13.1 Å². The fourth-order valence-electron chi connectivity index (χ4n) is 2.88. The molecule has 1 atom stereocenters. The number of hydrogen-bond acceptors (Lipinski definition) is 3. The first-order chi connectivity index (χ1) is 12.3. The number of carbonyl (C=O) groups is 3. The Labute approximate surface area is 150 Å². The molecule has 6 nitrogen and oxygen atoms in total. The van der Waals surface area contributed by atoms with E-state index in [0.29, 0.717) is 11.4 Å². The SMILES string of the molecule is CCCCCCNC(=O)CN1C(=O)N[C@@](C)(c2cc(F)ccc2F)C1=O. The summed E-state index contributed by atoms with van der Waals surface area (Å²) < 4.78 is 27.5. The zero-order valence-electron chi connectivity index (χ0n) is 14.9. The summed E-state index contributed by atoms with van der Waals surface area (Å²) in [6.45, 7) is 3.35. The van der Waals surface area contributed by atoms with Gasteiger partial charge < -0.3 is 10.6 Å². The van der Waals surface area contributed by atoms with Crippen LogP contribution < -0.4 is 10.6 Å². The summed E-state index contributed by atoms with van der Waals surface area (Å²) in [5.41, 5.74) is -2.04. The summed E-state index contributed by atoms with van der Waals surface area (Å²) in [4.78, 5) is 37.4. The smallest absolute Gasteiger partial charge is 0.325 e. The molecule has 0 aliphatic carbocycles. The first kappa shape index (κ1) is 19.8. The van der Waals surface area contributed by atoms with Crippen LogP contribution in [0.4, 0.5) is 13.6 Å². The number of benzene rings is 1. The molecule has 1 aliphatic heterocycles. The monoisotopic (exact) mass is 367 g/mol. The first-order valence-corrected chi connectivity index (χ1v) is 8.66. The van der Waals surface area contributed by atoms with Gasteiger partial charge in [0, 0.05) is 12.1 Å². The van der Waals surface area contributed by atoms with Crippen LogP contribution in [0, 0.1) is 11.6 Å². The minimum atomic E-state index is -1.76. The van der Waals surface area contributed by atoms with E-state index < -0.39 is 41.6 Å². The van der Waals surface area contributed by atoms with E-state index in [4.69, 9.17) is 0 Å². The minimum absolute atomic E-state index is 0.279. The Morgan fingerprint density at radius 1 is 1.23 bits per heavy atom. The van der Waals surface area contributed by atoms with Gasteiger partial charge in [-0.1, -0.05) is 26.2 Å². The molecule has 0 bridgehead atoms. The predicted molar refractivity (Wildman–Crippen MR) is 91.1 cm³/mol. The zero-order valence-corrected chi connectivity index (χ0v) is 14.9. The van der Waals surface area contributed by atoms with Crippen LogP contribution >= 0.6 is 0 Å². The molecule has 0 unspecified atom stereocenters. The normalized spacial score (nSPS) is 19.6. The molecular formula is C18H23F2N3O3. The van der Waals surface area contributed by atoms with Crippen molar-refractivity contribution in [3.63, 3.8) is 0 Å². The summed E-state index contributed by atoms with van der Waals surface area (Å²) >= 11 is 0. The standard InChI is InChI=1S/C18H23F2N3O3/c1-3-4-5-6-9-21-15(24)11-23-16(25)18(2,22-17(23)26)13-10-12(19)7-8-14(13)20/h7-8,10H,3-6,9,11H2,1-2H3,(H,21,24)(H,22,26)/t18-/m0/s1. The van der Waals surface area contributed by atoms with Crippen LogP contribution in [-0.4, -0.2) is 35.8 Å². The first-order valence-electron chi connectivity index (χ1n) is 8.66. The van der Waals surface area contributed by atoms with E-state index in [1.54, 1.807) is 0 Å². The van der Waals surface area contributed by atoms with Gasteiger partial charge in [0.05, 0.1) is 0 Å². The Bertz CT molecular complexity index is 711. The maximum atomic E-state index is 14.1. The van der Waals surface area contributed by atoms with Crippen molar-refractivity contribution >= 4 is 17.8 Å². The van der Waals surface area contributed by atoms with Crippen molar-refractivity contribution in [3.8, 4) is 0 Å². The number of amides is 4. The van der Waals surface area contributed by atoms with E-state index in [-0.39, 0.29) is 5.56 Å². The van der Waals surface area contributed by atoms with E-state index in [9.17, 15) is 23.2 Å². The fourth-order valence-corrected chi connectivity index (χ4v) is 2.88. The molecule has 1 saturated heterocycles. The molecule has 8 heteroatoms. The highest BCUT2D eigenvalue weighted by atomic mass is 19.1. The molecule has 26 heavy (non-hydrogen) atoms. The van der Waals surface area contributed by atoms with E-state index in [2.05, 4.69) is 17.6 Å². The number of carbonyl (C=O) groups excluding carboxylic acids is 3.